The van der Waals surface area contributed by atoms with Crippen molar-refractivity contribution in [1.82, 2.24) is 9.97 Å². The van der Waals surface area contributed by atoms with Crippen molar-refractivity contribution in [3.63, 3.8) is 0 Å². The van der Waals surface area contributed by atoms with Crippen LogP contribution in [0.5, 0.6) is 5.75 Å². The van der Waals surface area contributed by atoms with E-state index in [0.29, 0.717) is 22.3 Å². The van der Waals surface area contributed by atoms with Gasteiger partial charge in [-0.15, -0.1) is 0 Å². The fourth-order valence-electron chi connectivity index (χ4n) is 1.79. The van der Waals surface area contributed by atoms with Crippen LogP contribution in [0.2, 0.25) is 5.15 Å². The van der Waals surface area contributed by atoms with Crippen LogP contribution >= 0.6 is 11.6 Å². The van der Waals surface area contributed by atoms with Gasteiger partial charge >= 0.3 is 0 Å². The van der Waals surface area contributed by atoms with Crippen molar-refractivity contribution in [2.75, 3.05) is 17.7 Å². The fraction of sp³-hybridized carbons (Fsp3) is 0.0909. The predicted octanol–water partition coefficient (Wildman–Crippen LogP) is 1.64. The number of aromatic amines is 1. The van der Waals surface area contributed by atoms with E-state index in [1.54, 1.807) is 18.2 Å². The van der Waals surface area contributed by atoms with E-state index in [0.717, 1.165) is 5.56 Å². The molecule has 1 aromatic heterocycles. The number of carbonyl (C=O) groups is 1. The van der Waals surface area contributed by atoms with Crippen LogP contribution in [0.1, 0.15) is 0 Å². The van der Waals surface area contributed by atoms with Crippen LogP contribution in [0, 0.1) is 0 Å². The van der Waals surface area contributed by atoms with E-state index in [1.807, 2.05) is 0 Å². The molecule has 2 heterocycles. The van der Waals surface area contributed by atoms with Crippen LogP contribution in [-0.4, -0.2) is 22.5 Å². The van der Waals surface area contributed by atoms with Gasteiger partial charge in [0.25, 0.3) is 5.91 Å². The second-order valence-corrected chi connectivity index (χ2v) is 4.21. The van der Waals surface area contributed by atoms with E-state index in [4.69, 9.17) is 22.1 Å². The number of anilines is 2. The molecular formula is C11H9ClN4O2. The summed E-state index contributed by atoms with van der Waals surface area (Å²) < 4.78 is 5.26. The summed E-state index contributed by atoms with van der Waals surface area (Å²) >= 11 is 5.97. The predicted molar refractivity (Wildman–Crippen MR) is 67.6 cm³/mol. The number of nitrogen functional groups attached to an aromatic ring is 1. The Kier molecular flexibility index (Phi) is 2.38. The van der Waals surface area contributed by atoms with Gasteiger partial charge in [-0.3, -0.25) is 4.79 Å². The zero-order valence-electron chi connectivity index (χ0n) is 9.16. The monoisotopic (exact) mass is 264 g/mol. The van der Waals surface area contributed by atoms with E-state index in [9.17, 15) is 4.79 Å². The molecule has 18 heavy (non-hydrogen) atoms. The minimum atomic E-state index is -0.188. The van der Waals surface area contributed by atoms with E-state index in [-0.39, 0.29) is 18.5 Å². The average Bonchev–Trinajstić information content (AvgIpc) is 2.67. The van der Waals surface area contributed by atoms with Crippen molar-refractivity contribution < 1.29 is 9.53 Å². The Hall–Kier alpha value is -2.21. The number of rotatable bonds is 1. The third-order valence-electron chi connectivity index (χ3n) is 2.56. The third-order valence-corrected chi connectivity index (χ3v) is 2.84. The lowest BCUT2D eigenvalue weighted by Crippen LogP contribution is -2.25. The Morgan fingerprint density at radius 1 is 1.44 bits per heavy atom. The molecule has 6 nitrogen and oxygen atoms in total. The number of nitrogens with zero attached hydrogens (tertiary/aromatic N) is 1. The highest BCUT2D eigenvalue weighted by Crippen LogP contribution is 2.34. The molecule has 1 aromatic carbocycles. The first kappa shape index (κ1) is 10.9. The maximum atomic E-state index is 11.2. The number of hydrogen-bond acceptors (Lipinski definition) is 4. The molecule has 1 aliphatic heterocycles. The average molecular weight is 265 g/mol. The second kappa shape index (κ2) is 3.92. The molecule has 3 rings (SSSR count). The number of carbonyl (C=O) groups excluding carboxylic acids is 1. The van der Waals surface area contributed by atoms with Crippen LogP contribution < -0.4 is 15.8 Å². The number of aromatic nitrogens is 2. The number of nitrogens with one attached hydrogen (secondary N) is 2. The summed E-state index contributed by atoms with van der Waals surface area (Å²) in [7, 11) is 0. The van der Waals surface area contributed by atoms with Crippen LogP contribution in [0.15, 0.2) is 18.2 Å². The minimum Gasteiger partial charge on any atom is -0.482 e. The normalized spacial score (nSPS) is 13.7. The molecule has 92 valence electrons. The molecule has 7 heteroatoms. The molecule has 0 spiro atoms. The maximum absolute atomic E-state index is 11.2. The van der Waals surface area contributed by atoms with Gasteiger partial charge in [0.05, 0.1) is 5.69 Å². The number of fused-ring (bicyclic) bond motifs is 1. The largest absolute Gasteiger partial charge is 0.482 e. The van der Waals surface area contributed by atoms with Gasteiger partial charge in [0, 0.05) is 5.56 Å². The number of halogens is 1. The third kappa shape index (κ3) is 1.76. The highest BCUT2D eigenvalue weighted by Gasteiger charge is 2.18. The molecule has 1 aliphatic rings. The van der Waals surface area contributed by atoms with E-state index in [2.05, 4.69) is 15.3 Å². The SMILES string of the molecule is Nc1nc(-c2ccc3c(c2)NC(=O)CO3)c(Cl)[nH]1. The van der Waals surface area contributed by atoms with Gasteiger partial charge in [0.15, 0.2) is 12.6 Å². The van der Waals surface area contributed by atoms with Crippen molar-refractivity contribution in [3.05, 3.63) is 23.4 Å². The second-order valence-electron chi connectivity index (χ2n) is 3.83. The highest BCUT2D eigenvalue weighted by molar-refractivity contribution is 6.32. The molecule has 0 fully saturated rings. The number of benzene rings is 1. The zero-order valence-corrected chi connectivity index (χ0v) is 9.91. The smallest absolute Gasteiger partial charge is 0.262 e. The number of H-pyrrole nitrogens is 1. The number of ether oxygens (including phenoxy) is 1. The molecule has 0 saturated carbocycles. The van der Waals surface area contributed by atoms with E-state index >= 15 is 0 Å². The van der Waals surface area contributed by atoms with Crippen LogP contribution in [0.4, 0.5) is 11.6 Å². The quantitative estimate of drug-likeness (QED) is 0.730. The zero-order chi connectivity index (χ0) is 12.7. The standard InChI is InChI=1S/C11H9ClN4O2/c12-10-9(15-11(13)16-10)5-1-2-7-6(3-5)14-8(17)4-18-7/h1-3H,4H2,(H,14,17)(H3,13,15,16). The Morgan fingerprint density at radius 3 is 3.00 bits per heavy atom. The Morgan fingerprint density at radius 2 is 2.28 bits per heavy atom. The Labute approximate surface area is 107 Å². The van der Waals surface area contributed by atoms with Gasteiger partial charge < -0.3 is 20.8 Å². The van der Waals surface area contributed by atoms with Crippen molar-refractivity contribution in [2.45, 2.75) is 0 Å². The summed E-state index contributed by atoms with van der Waals surface area (Å²) in [5, 5.41) is 3.08. The van der Waals surface area contributed by atoms with Gasteiger partial charge in [-0.05, 0) is 18.2 Å². The highest BCUT2D eigenvalue weighted by atomic mass is 35.5. The van der Waals surface area contributed by atoms with Crippen LogP contribution in [0.3, 0.4) is 0 Å². The Balaban J connectivity index is 2.07. The first-order valence-corrected chi connectivity index (χ1v) is 5.59. The molecule has 0 saturated heterocycles. The number of imidazole rings is 1. The summed E-state index contributed by atoms with van der Waals surface area (Å²) in [5.74, 6) is 0.679. The summed E-state index contributed by atoms with van der Waals surface area (Å²) in [6, 6.07) is 5.30. The molecule has 2 aromatic rings. The number of hydrogen-bond donors (Lipinski definition) is 3. The molecular weight excluding hydrogens is 256 g/mol. The summed E-state index contributed by atoms with van der Waals surface area (Å²) in [6.07, 6.45) is 0. The topological polar surface area (TPSA) is 93.0 Å². The molecule has 0 atom stereocenters. The van der Waals surface area contributed by atoms with Gasteiger partial charge in [-0.25, -0.2) is 4.98 Å². The van der Waals surface area contributed by atoms with Crippen molar-refractivity contribution in [1.29, 1.82) is 0 Å². The minimum absolute atomic E-state index is 0.0302. The van der Waals surface area contributed by atoms with E-state index in [1.165, 1.54) is 0 Å². The molecule has 1 amide bonds. The summed E-state index contributed by atoms with van der Waals surface area (Å²) in [4.78, 5) is 18.0. The fourth-order valence-corrected chi connectivity index (χ4v) is 2.04. The van der Waals surface area contributed by atoms with Gasteiger partial charge in [0.2, 0.25) is 0 Å². The van der Waals surface area contributed by atoms with Crippen molar-refractivity contribution in [2.24, 2.45) is 0 Å². The maximum Gasteiger partial charge on any atom is 0.262 e. The first-order valence-electron chi connectivity index (χ1n) is 5.21. The summed E-state index contributed by atoms with van der Waals surface area (Å²) in [5.41, 5.74) is 7.42. The molecule has 0 bridgehead atoms. The summed E-state index contributed by atoms with van der Waals surface area (Å²) in [6.45, 7) is 0.0302. The van der Waals surface area contributed by atoms with Crippen molar-refractivity contribution >= 4 is 29.1 Å². The Bertz CT molecular complexity index is 638. The lowest BCUT2D eigenvalue weighted by Gasteiger charge is -2.18. The van der Waals surface area contributed by atoms with Crippen molar-refractivity contribution in [3.8, 4) is 17.0 Å². The van der Waals surface area contributed by atoms with Gasteiger partial charge in [-0.2, -0.15) is 0 Å². The van der Waals surface area contributed by atoms with Crippen LogP contribution in [-0.2, 0) is 4.79 Å². The molecule has 0 unspecified atom stereocenters. The van der Waals surface area contributed by atoms with Gasteiger partial charge in [-0.1, -0.05) is 11.6 Å². The lowest BCUT2D eigenvalue weighted by molar-refractivity contribution is -0.118. The number of nitrogens with two attached hydrogens (primary N) is 1. The number of amides is 1. The molecule has 0 radical (unpaired) electrons. The lowest BCUT2D eigenvalue weighted by atomic mass is 10.1. The van der Waals surface area contributed by atoms with E-state index < -0.39 is 0 Å². The molecule has 0 aliphatic carbocycles. The first-order chi connectivity index (χ1) is 8.63. The molecule has 4 N–H and O–H groups in total. The van der Waals surface area contributed by atoms with Crippen LogP contribution in [0.25, 0.3) is 11.3 Å². The van der Waals surface area contributed by atoms with Gasteiger partial charge in [0.1, 0.15) is 16.6 Å².